The second kappa shape index (κ2) is 5.32. The van der Waals surface area contributed by atoms with Crippen LogP contribution in [-0.4, -0.2) is 20.2 Å². The van der Waals surface area contributed by atoms with Crippen LogP contribution >= 0.6 is 11.3 Å². The lowest BCUT2D eigenvalue weighted by Crippen LogP contribution is -2.35. The van der Waals surface area contributed by atoms with Crippen LogP contribution in [0.1, 0.15) is 47.4 Å². The topological polar surface area (TPSA) is 66.5 Å². The van der Waals surface area contributed by atoms with Gasteiger partial charge in [-0.05, 0) is 79.2 Å². The third kappa shape index (κ3) is 1.94. The minimum absolute atomic E-state index is 0.330. The number of aromatic nitrogens is 4. The number of benzene rings is 1. The number of pyridine rings is 1. The highest BCUT2D eigenvalue weighted by Gasteiger charge is 2.54. The van der Waals surface area contributed by atoms with E-state index in [0.717, 1.165) is 28.0 Å². The molecule has 0 spiro atoms. The van der Waals surface area contributed by atoms with Gasteiger partial charge in [-0.1, -0.05) is 0 Å². The summed E-state index contributed by atoms with van der Waals surface area (Å²) in [6, 6.07) is 7.06. The van der Waals surface area contributed by atoms with Gasteiger partial charge in [0.1, 0.15) is 0 Å². The Kier molecular flexibility index (Phi) is 2.94. The van der Waals surface area contributed by atoms with E-state index in [1.807, 2.05) is 6.20 Å². The van der Waals surface area contributed by atoms with Crippen LogP contribution in [0.4, 0.5) is 5.69 Å². The molecule has 4 aromatic rings. The molecule has 0 amide bonds. The lowest BCUT2D eigenvalue weighted by atomic mass is 9.67. The molecule has 1 aromatic carbocycles. The number of rotatable bonds is 1. The Balaban J connectivity index is 1.43. The summed E-state index contributed by atoms with van der Waals surface area (Å²) < 4.78 is 1.20. The number of nitrogens with one attached hydrogen (secondary N) is 2. The van der Waals surface area contributed by atoms with Crippen molar-refractivity contribution in [2.75, 3.05) is 5.32 Å². The van der Waals surface area contributed by atoms with Crippen LogP contribution in [0, 0.1) is 24.7 Å². The number of fused-ring (bicyclic) bond motifs is 10. The molecule has 5 nitrogen and oxygen atoms in total. The standard InChI is InChI=1S/C22H21N5S/c1-10-25-22-17(28-10)7-13(8-23-22)21-19-12-3-2-11(6-12)18(19)20-14-9-24-27-15(14)4-5-16(20)26-21/h4-5,7-9,11-12,18-19,21,26H,2-3,6H2,1H3,(H,24,27)/t11?,12?,18-,19+,21-/m0/s1. The molecule has 0 saturated heterocycles. The van der Waals surface area contributed by atoms with Crippen LogP contribution in [0.5, 0.6) is 0 Å². The van der Waals surface area contributed by atoms with Crippen LogP contribution < -0.4 is 5.32 Å². The summed E-state index contributed by atoms with van der Waals surface area (Å²) in [5.41, 5.74) is 6.14. The molecule has 2 aliphatic carbocycles. The molecule has 3 aromatic heterocycles. The minimum atomic E-state index is 0.330. The summed E-state index contributed by atoms with van der Waals surface area (Å²) in [4.78, 5) is 9.24. The van der Waals surface area contributed by atoms with Crippen LogP contribution in [0.15, 0.2) is 30.6 Å². The van der Waals surface area contributed by atoms with E-state index in [1.165, 1.54) is 46.2 Å². The van der Waals surface area contributed by atoms with Crippen LogP contribution in [0.25, 0.3) is 21.3 Å². The zero-order chi connectivity index (χ0) is 18.4. The van der Waals surface area contributed by atoms with Crippen molar-refractivity contribution in [3.8, 4) is 0 Å². The highest BCUT2D eigenvalue weighted by molar-refractivity contribution is 7.18. The van der Waals surface area contributed by atoms with Crippen molar-refractivity contribution in [3.63, 3.8) is 0 Å². The van der Waals surface area contributed by atoms with E-state index in [2.05, 4.69) is 51.8 Å². The molecule has 2 fully saturated rings. The Morgan fingerprint density at radius 1 is 1.14 bits per heavy atom. The molecule has 5 atom stereocenters. The van der Waals surface area contributed by atoms with Crippen molar-refractivity contribution >= 4 is 38.3 Å². The van der Waals surface area contributed by atoms with Gasteiger partial charge in [0, 0.05) is 17.3 Å². The molecule has 2 N–H and O–H groups in total. The number of nitrogens with zero attached hydrogens (tertiary/aromatic N) is 3. The third-order valence-corrected chi connectivity index (χ3v) is 8.32. The summed E-state index contributed by atoms with van der Waals surface area (Å²) in [5.74, 6) is 2.88. The summed E-state index contributed by atoms with van der Waals surface area (Å²) in [7, 11) is 0. The first-order valence-corrected chi connectivity index (χ1v) is 11.0. The fraction of sp³-hybridized carbons (Fsp3) is 0.409. The average Bonchev–Trinajstić information content (AvgIpc) is 3.48. The van der Waals surface area contributed by atoms with Gasteiger partial charge in [0.15, 0.2) is 5.65 Å². The van der Waals surface area contributed by atoms with Gasteiger partial charge >= 0.3 is 0 Å². The Hall–Kier alpha value is -2.47. The first-order valence-electron chi connectivity index (χ1n) is 10.2. The number of aromatic amines is 1. The fourth-order valence-electron chi connectivity index (χ4n) is 6.45. The van der Waals surface area contributed by atoms with Gasteiger partial charge in [-0.25, -0.2) is 9.97 Å². The Morgan fingerprint density at radius 3 is 3.04 bits per heavy atom. The van der Waals surface area contributed by atoms with Gasteiger partial charge in [-0.2, -0.15) is 5.10 Å². The van der Waals surface area contributed by atoms with Crippen LogP contribution in [0.2, 0.25) is 0 Å². The van der Waals surface area contributed by atoms with Gasteiger partial charge in [0.25, 0.3) is 0 Å². The predicted molar refractivity (Wildman–Crippen MR) is 112 cm³/mol. The Labute approximate surface area is 166 Å². The molecule has 2 bridgehead atoms. The molecule has 2 unspecified atom stereocenters. The molecule has 1 aliphatic heterocycles. The van der Waals surface area contributed by atoms with Crippen molar-refractivity contribution < 1.29 is 0 Å². The molecule has 4 heterocycles. The van der Waals surface area contributed by atoms with E-state index in [9.17, 15) is 0 Å². The molecule has 7 rings (SSSR count). The number of hydrogen-bond donors (Lipinski definition) is 2. The first kappa shape index (κ1) is 15.5. The maximum atomic E-state index is 4.70. The van der Waals surface area contributed by atoms with Gasteiger partial charge in [0.2, 0.25) is 0 Å². The van der Waals surface area contributed by atoms with Crippen molar-refractivity contribution in [2.24, 2.45) is 17.8 Å². The molecule has 140 valence electrons. The molecule has 2 saturated carbocycles. The number of H-pyrrole nitrogens is 1. The van der Waals surface area contributed by atoms with Gasteiger partial charge in [-0.15, -0.1) is 11.3 Å². The van der Waals surface area contributed by atoms with Crippen LogP contribution in [-0.2, 0) is 0 Å². The van der Waals surface area contributed by atoms with E-state index in [4.69, 9.17) is 4.98 Å². The quantitative estimate of drug-likeness (QED) is 0.473. The highest BCUT2D eigenvalue weighted by Crippen LogP contribution is 2.64. The molecule has 6 heteroatoms. The molecule has 3 aliphatic rings. The van der Waals surface area contributed by atoms with E-state index in [-0.39, 0.29) is 0 Å². The first-order chi connectivity index (χ1) is 13.8. The molecule has 28 heavy (non-hydrogen) atoms. The SMILES string of the molecule is Cc1nc2ncc([C@@H]3Nc4ccc5[nH]ncc5c4[C@H]4C5CCC(C5)[C@@H]34)cc2s1. The van der Waals surface area contributed by atoms with Gasteiger partial charge < -0.3 is 5.32 Å². The van der Waals surface area contributed by atoms with Crippen molar-refractivity contribution in [1.82, 2.24) is 20.2 Å². The number of thiazole rings is 1. The van der Waals surface area contributed by atoms with Gasteiger partial charge in [-0.3, -0.25) is 5.10 Å². The summed E-state index contributed by atoms with van der Waals surface area (Å²) in [6.07, 6.45) is 8.20. The lowest BCUT2D eigenvalue weighted by Gasteiger charge is -2.43. The largest absolute Gasteiger partial charge is 0.378 e. The fourth-order valence-corrected chi connectivity index (χ4v) is 7.28. The number of anilines is 1. The van der Waals surface area contributed by atoms with Gasteiger partial charge in [0.05, 0.1) is 27.5 Å². The molecular weight excluding hydrogens is 366 g/mol. The summed E-state index contributed by atoms with van der Waals surface area (Å²) in [6.45, 7) is 2.06. The number of hydrogen-bond acceptors (Lipinski definition) is 5. The molecular formula is C22H21N5S. The van der Waals surface area contributed by atoms with E-state index >= 15 is 0 Å². The summed E-state index contributed by atoms with van der Waals surface area (Å²) in [5, 5.41) is 13.8. The minimum Gasteiger partial charge on any atom is -0.378 e. The summed E-state index contributed by atoms with van der Waals surface area (Å²) >= 11 is 1.75. The normalized spacial score (nSPS) is 30.5. The van der Waals surface area contributed by atoms with E-state index in [0.29, 0.717) is 17.9 Å². The zero-order valence-electron chi connectivity index (χ0n) is 15.6. The number of aryl methyl sites for hydroxylation is 1. The van der Waals surface area contributed by atoms with E-state index in [1.54, 1.807) is 11.3 Å². The maximum absolute atomic E-state index is 4.70. The van der Waals surface area contributed by atoms with Crippen LogP contribution in [0.3, 0.4) is 0 Å². The smallest absolute Gasteiger partial charge is 0.170 e. The second-order valence-corrected chi connectivity index (χ2v) is 9.97. The predicted octanol–water partition coefficient (Wildman–Crippen LogP) is 5.17. The monoisotopic (exact) mass is 387 g/mol. The van der Waals surface area contributed by atoms with Crippen molar-refractivity contribution in [2.45, 2.75) is 38.1 Å². The van der Waals surface area contributed by atoms with Crippen molar-refractivity contribution in [3.05, 3.63) is 46.7 Å². The lowest BCUT2D eigenvalue weighted by molar-refractivity contribution is 0.249. The van der Waals surface area contributed by atoms with E-state index < -0.39 is 0 Å². The maximum Gasteiger partial charge on any atom is 0.170 e. The van der Waals surface area contributed by atoms with Crippen molar-refractivity contribution in [1.29, 1.82) is 0 Å². The second-order valence-electron chi connectivity index (χ2n) is 8.74. The third-order valence-electron chi connectivity index (χ3n) is 7.41. The Bertz CT molecular complexity index is 1240. The highest BCUT2D eigenvalue weighted by atomic mass is 32.1. The average molecular weight is 388 g/mol. The molecule has 0 radical (unpaired) electrons. The Morgan fingerprint density at radius 2 is 2.07 bits per heavy atom. The zero-order valence-corrected chi connectivity index (χ0v) is 16.5.